The molecule has 0 aromatic carbocycles. The van der Waals surface area contributed by atoms with Crippen LogP contribution >= 0.6 is 57.0 Å². The molecule has 8 heteroatoms. The van der Waals surface area contributed by atoms with Gasteiger partial charge in [-0.2, -0.15) is 0 Å². The Morgan fingerprint density at radius 3 is 2.17 bits per heavy atom. The highest BCUT2D eigenvalue weighted by atomic mass is 35.7. The van der Waals surface area contributed by atoms with Crippen molar-refractivity contribution in [3.05, 3.63) is 0 Å². The quantitative estimate of drug-likeness (QED) is 0.380. The first-order valence-electron chi connectivity index (χ1n) is 3.42. The SMILES string of the molecule is ClC(Cl)(Cl)[SiH]1CCCO[Si]1(Cl)Cl. The molecule has 1 saturated heterocycles. The first-order valence-corrected chi connectivity index (χ1v) is 11.7. The van der Waals surface area contributed by atoms with E-state index in [2.05, 4.69) is 0 Å². The summed E-state index contributed by atoms with van der Waals surface area (Å²) in [5.74, 6) is 0. The number of hydrogen-bond donors (Lipinski definition) is 0. The van der Waals surface area contributed by atoms with Gasteiger partial charge in [-0.05, 0) is 6.42 Å². The van der Waals surface area contributed by atoms with Crippen molar-refractivity contribution in [2.24, 2.45) is 0 Å². The average molecular weight is 305 g/mol. The Bertz CT molecular complexity index is 169. The minimum Gasteiger partial charge on any atom is -0.395 e. The summed E-state index contributed by atoms with van der Waals surface area (Å²) < 4.78 is 4.01. The van der Waals surface area contributed by atoms with Gasteiger partial charge >= 0.3 is 6.45 Å². The van der Waals surface area contributed by atoms with Gasteiger partial charge in [-0.15, -0.1) is 22.2 Å². The van der Waals surface area contributed by atoms with E-state index in [9.17, 15) is 0 Å². The van der Waals surface area contributed by atoms with E-state index in [1.54, 1.807) is 0 Å². The van der Waals surface area contributed by atoms with Gasteiger partial charge in [0.05, 0.1) is 0 Å². The second-order valence-electron chi connectivity index (χ2n) is 2.65. The number of halogens is 5. The monoisotopic (exact) mass is 302 g/mol. The van der Waals surface area contributed by atoms with Crippen molar-refractivity contribution in [3.8, 4) is 0 Å². The zero-order valence-corrected chi connectivity index (χ0v) is 11.9. The van der Waals surface area contributed by atoms with Crippen LogP contribution in [-0.4, -0.2) is 24.8 Å². The maximum absolute atomic E-state index is 6.01. The van der Waals surface area contributed by atoms with Crippen molar-refractivity contribution < 1.29 is 4.43 Å². The third-order valence-electron chi connectivity index (χ3n) is 1.73. The Balaban J connectivity index is 2.73. The summed E-state index contributed by atoms with van der Waals surface area (Å²) in [7, 11) is -1.78. The third-order valence-corrected chi connectivity index (χ3v) is 19.4. The molecule has 1 fully saturated rings. The molecule has 0 N–H and O–H groups in total. The lowest BCUT2D eigenvalue weighted by atomic mass is 10.5. The van der Waals surface area contributed by atoms with Crippen molar-refractivity contribution >= 4 is 71.7 Å². The molecule has 1 nitrogen and oxygen atoms in total. The Labute approximate surface area is 98.1 Å². The lowest BCUT2D eigenvalue weighted by Gasteiger charge is -2.34. The summed E-state index contributed by atoms with van der Waals surface area (Å²) in [6, 6.07) is 0.857. The summed E-state index contributed by atoms with van der Waals surface area (Å²) in [5.41, 5.74) is 0. The van der Waals surface area contributed by atoms with Gasteiger partial charge in [-0.3, -0.25) is 0 Å². The molecule has 12 heavy (non-hydrogen) atoms. The maximum atomic E-state index is 6.01. The van der Waals surface area contributed by atoms with Gasteiger partial charge in [-0.25, -0.2) is 0 Å². The van der Waals surface area contributed by atoms with Crippen LogP contribution in [0.3, 0.4) is 0 Å². The largest absolute Gasteiger partial charge is 0.395 e. The van der Waals surface area contributed by atoms with Gasteiger partial charge in [0.1, 0.15) is 0 Å². The van der Waals surface area contributed by atoms with Crippen LogP contribution < -0.4 is 0 Å². The minimum atomic E-state index is -2.67. The molecule has 0 radical (unpaired) electrons. The fraction of sp³-hybridized carbons (Fsp3) is 1.00. The first kappa shape index (κ1) is 11.9. The molecule has 0 aromatic heterocycles. The van der Waals surface area contributed by atoms with Crippen LogP contribution in [0.4, 0.5) is 0 Å². The summed E-state index contributed by atoms with van der Waals surface area (Å²) in [6.45, 7) is -2.07. The molecule has 1 rings (SSSR count). The Morgan fingerprint density at radius 2 is 1.83 bits per heavy atom. The van der Waals surface area contributed by atoms with Crippen LogP contribution in [0.1, 0.15) is 6.42 Å². The second kappa shape index (κ2) is 4.15. The van der Waals surface area contributed by atoms with E-state index in [0.717, 1.165) is 12.5 Å². The summed E-state index contributed by atoms with van der Waals surface area (Å²) in [5, 5.41) is 0. The van der Waals surface area contributed by atoms with Crippen LogP contribution in [0, 0.1) is 0 Å². The molecule has 72 valence electrons. The zero-order chi connectivity index (χ0) is 9.41. The van der Waals surface area contributed by atoms with Gasteiger partial charge in [0.2, 0.25) is 0 Å². The number of rotatable bonds is 0. The smallest absolute Gasteiger partial charge is 0.368 e. The molecule has 0 aromatic rings. The summed E-state index contributed by atoms with van der Waals surface area (Å²) >= 11 is 29.4. The normalized spacial score (nSPS) is 30.2. The average Bonchev–Trinajstić information content (AvgIpc) is 1.83. The van der Waals surface area contributed by atoms with E-state index in [1.807, 2.05) is 0 Å². The van der Waals surface area contributed by atoms with Gasteiger partial charge in [-0.1, -0.05) is 40.8 Å². The predicted octanol–water partition coefficient (Wildman–Crippen LogP) is 3.04. The molecule has 1 atom stereocenters. The molecule has 0 saturated carbocycles. The van der Waals surface area contributed by atoms with Crippen molar-refractivity contribution in [1.29, 1.82) is 0 Å². The Morgan fingerprint density at radius 1 is 1.25 bits per heavy atom. The van der Waals surface area contributed by atoms with Crippen LogP contribution in [-0.2, 0) is 4.43 Å². The topological polar surface area (TPSA) is 9.23 Å². The van der Waals surface area contributed by atoms with Gasteiger partial charge in [0, 0.05) is 6.61 Å². The van der Waals surface area contributed by atoms with Crippen molar-refractivity contribution in [2.45, 2.75) is 15.9 Å². The fourth-order valence-electron chi connectivity index (χ4n) is 1.12. The van der Waals surface area contributed by atoms with Gasteiger partial charge in [0.25, 0.3) is 0 Å². The predicted molar refractivity (Wildman–Crippen MR) is 60.3 cm³/mol. The van der Waals surface area contributed by atoms with E-state index >= 15 is 0 Å². The summed E-state index contributed by atoms with van der Waals surface area (Å²) in [4.78, 5) is 0. The van der Waals surface area contributed by atoms with Crippen LogP contribution in [0.15, 0.2) is 0 Å². The highest BCUT2D eigenvalue weighted by Crippen LogP contribution is 2.41. The standard InChI is InChI=1S/C4H7Cl5OSi2/c5-4(6,7)11-3-1-2-10-12(11,8)9/h11H,1-3H2. The first-order chi connectivity index (χ1) is 5.34. The van der Waals surface area contributed by atoms with Crippen molar-refractivity contribution in [1.82, 2.24) is 0 Å². The van der Waals surface area contributed by atoms with E-state index in [4.69, 9.17) is 61.4 Å². The van der Waals surface area contributed by atoms with Crippen molar-refractivity contribution in [3.63, 3.8) is 0 Å². The minimum absolute atomic E-state index is 0.601. The molecule has 1 aliphatic heterocycles. The molecule has 0 amide bonds. The van der Waals surface area contributed by atoms with E-state index < -0.39 is 18.2 Å². The molecular weight excluding hydrogens is 297 g/mol. The van der Waals surface area contributed by atoms with E-state index in [1.165, 1.54) is 0 Å². The second-order valence-corrected chi connectivity index (χ2v) is 20.7. The molecular formula is C4H7Cl5OSi2. The van der Waals surface area contributed by atoms with E-state index in [-0.39, 0.29) is 0 Å². The van der Waals surface area contributed by atoms with Gasteiger partial charge < -0.3 is 4.43 Å². The lowest BCUT2D eigenvalue weighted by Crippen LogP contribution is -2.55. The van der Waals surface area contributed by atoms with E-state index in [0.29, 0.717) is 6.61 Å². The van der Waals surface area contributed by atoms with Crippen LogP contribution in [0.5, 0.6) is 0 Å². The fourth-order valence-corrected chi connectivity index (χ4v) is 20.6. The molecule has 1 aliphatic rings. The Hall–Kier alpha value is 1.84. The zero-order valence-electron chi connectivity index (χ0n) is 6.00. The molecule has 1 unspecified atom stereocenters. The number of hydrogen-bond acceptors (Lipinski definition) is 1. The number of alkyl halides is 3. The van der Waals surface area contributed by atoms with Crippen LogP contribution in [0.2, 0.25) is 6.04 Å². The van der Waals surface area contributed by atoms with Crippen LogP contribution in [0.25, 0.3) is 0 Å². The summed E-state index contributed by atoms with van der Waals surface area (Å²) in [6.07, 6.45) is 0.902. The third kappa shape index (κ3) is 2.92. The Kier molecular flexibility index (Phi) is 4.12. The lowest BCUT2D eigenvalue weighted by molar-refractivity contribution is 0.325. The maximum Gasteiger partial charge on any atom is 0.368 e. The molecule has 0 bridgehead atoms. The molecule has 0 spiro atoms. The highest BCUT2D eigenvalue weighted by Gasteiger charge is 2.54. The molecule has 0 aliphatic carbocycles. The molecule has 1 heterocycles. The highest BCUT2D eigenvalue weighted by molar-refractivity contribution is 7.70. The van der Waals surface area contributed by atoms with Gasteiger partial charge in [0.15, 0.2) is 11.7 Å². The van der Waals surface area contributed by atoms with Crippen molar-refractivity contribution in [2.75, 3.05) is 6.61 Å².